The molecule has 1 aliphatic carbocycles. The Labute approximate surface area is 64.1 Å². The average Bonchev–Trinajstić information content (AvgIpc) is 1.84. The van der Waals surface area contributed by atoms with Gasteiger partial charge >= 0.3 is 18.9 Å². The predicted molar refractivity (Wildman–Crippen MR) is 30.2 cm³/mol. The third-order valence-corrected chi connectivity index (χ3v) is 1.68. The average molecular weight is 108 g/mol. The first-order valence-corrected chi connectivity index (χ1v) is 2.93. The maximum absolute atomic E-state index is 9.19. The van der Waals surface area contributed by atoms with Crippen molar-refractivity contribution in [2.24, 2.45) is 0 Å². The molecule has 1 saturated carbocycles. The van der Waals surface area contributed by atoms with Gasteiger partial charge < -0.3 is 6.53 Å². The van der Waals surface area contributed by atoms with Gasteiger partial charge in [-0.3, -0.25) is 0 Å². The smallest absolute Gasteiger partial charge is 1.00 e. The molecule has 0 atom stereocenters. The zero-order chi connectivity index (χ0) is 5.33. The van der Waals surface area contributed by atoms with Gasteiger partial charge in [0.25, 0.3) is 0 Å². The molecule has 1 nitrogen and oxygen atoms in total. The summed E-state index contributed by atoms with van der Waals surface area (Å²) in [5.41, 5.74) is -0.306. The van der Waals surface area contributed by atoms with E-state index >= 15 is 0 Å². The molecule has 44 valence electrons. The van der Waals surface area contributed by atoms with Gasteiger partial charge in [0.05, 0.1) is 5.60 Å². The van der Waals surface area contributed by atoms with Gasteiger partial charge in [-0.1, -0.05) is 12.8 Å². The van der Waals surface area contributed by atoms with Gasteiger partial charge in [-0.05, 0) is 19.8 Å². The molecule has 1 N–H and O–H groups in total. The van der Waals surface area contributed by atoms with E-state index in [1.54, 1.807) is 0 Å². The van der Waals surface area contributed by atoms with E-state index in [0.29, 0.717) is 0 Å². The first-order chi connectivity index (χ1) is 3.21. The monoisotopic (exact) mass is 108 g/mol. The second-order valence-electron chi connectivity index (χ2n) is 2.70. The van der Waals surface area contributed by atoms with Crippen molar-refractivity contribution in [2.45, 2.75) is 38.2 Å². The van der Waals surface area contributed by atoms with Crippen LogP contribution in [0.2, 0.25) is 0 Å². The molecular formula is C6H13LiO. The molecule has 1 aliphatic rings. The summed E-state index contributed by atoms with van der Waals surface area (Å²) in [4.78, 5) is 0. The molecule has 0 saturated heterocycles. The second-order valence-corrected chi connectivity index (χ2v) is 2.70. The molecule has 0 spiro atoms. The van der Waals surface area contributed by atoms with E-state index in [-0.39, 0.29) is 25.9 Å². The summed E-state index contributed by atoms with van der Waals surface area (Å²) in [7, 11) is 0. The topological polar surface area (TPSA) is 20.2 Å². The molecule has 0 aliphatic heterocycles. The first kappa shape index (κ1) is 8.56. The Kier molecular flexibility index (Phi) is 3.12. The summed E-state index contributed by atoms with van der Waals surface area (Å²) >= 11 is 0. The van der Waals surface area contributed by atoms with Crippen LogP contribution in [0.15, 0.2) is 0 Å². The Morgan fingerprint density at radius 1 is 1.38 bits per heavy atom. The maximum Gasteiger partial charge on any atom is 1.00 e. The van der Waals surface area contributed by atoms with Gasteiger partial charge in [-0.15, -0.1) is 0 Å². The maximum atomic E-state index is 9.19. The molecule has 0 aromatic carbocycles. The van der Waals surface area contributed by atoms with Crippen molar-refractivity contribution in [3.8, 4) is 0 Å². The summed E-state index contributed by atoms with van der Waals surface area (Å²) in [5.74, 6) is 0. The SMILES string of the molecule is CC1(O)CCCC1.[H-].[Li+]. The molecule has 1 fully saturated rings. The Bertz CT molecular complexity index is 67.5. The van der Waals surface area contributed by atoms with Crippen molar-refractivity contribution in [3.63, 3.8) is 0 Å². The predicted octanol–water partition coefficient (Wildman–Crippen LogP) is -1.57. The van der Waals surface area contributed by atoms with E-state index < -0.39 is 0 Å². The van der Waals surface area contributed by atoms with E-state index in [2.05, 4.69) is 0 Å². The van der Waals surface area contributed by atoms with Crippen LogP contribution < -0.4 is 18.9 Å². The van der Waals surface area contributed by atoms with Crippen LogP contribution in [0.3, 0.4) is 0 Å². The van der Waals surface area contributed by atoms with Crippen LogP contribution in [0.4, 0.5) is 0 Å². The second kappa shape index (κ2) is 2.92. The Morgan fingerprint density at radius 2 is 1.75 bits per heavy atom. The van der Waals surface area contributed by atoms with E-state index in [0.717, 1.165) is 12.8 Å². The normalized spacial score (nSPS) is 24.8. The van der Waals surface area contributed by atoms with E-state index in [1.165, 1.54) is 12.8 Å². The standard InChI is InChI=1S/C6H12O.Li.H/c1-6(7)4-2-3-5-6;;/h7H,2-5H2,1H3;;/q;+1;-1. The quantitative estimate of drug-likeness (QED) is 0.372. The zero-order valence-corrected chi connectivity index (χ0v) is 5.78. The van der Waals surface area contributed by atoms with Crippen molar-refractivity contribution >= 4 is 0 Å². The van der Waals surface area contributed by atoms with Crippen LogP contribution in [-0.2, 0) is 0 Å². The summed E-state index contributed by atoms with van der Waals surface area (Å²) in [6.45, 7) is 1.92. The Balaban J connectivity index is 0. The van der Waals surface area contributed by atoms with Crippen molar-refractivity contribution in [3.05, 3.63) is 0 Å². The number of hydrogen-bond acceptors (Lipinski definition) is 1. The Morgan fingerprint density at radius 3 is 1.88 bits per heavy atom. The molecule has 0 radical (unpaired) electrons. The largest absolute Gasteiger partial charge is 1.00 e. The van der Waals surface area contributed by atoms with Crippen molar-refractivity contribution in [2.75, 3.05) is 0 Å². The van der Waals surface area contributed by atoms with Crippen molar-refractivity contribution in [1.29, 1.82) is 0 Å². The molecule has 0 heterocycles. The van der Waals surface area contributed by atoms with Crippen molar-refractivity contribution in [1.82, 2.24) is 0 Å². The molecule has 0 bridgehead atoms. The Hall–Kier alpha value is 0.557. The molecular weight excluding hydrogens is 95.0 g/mol. The van der Waals surface area contributed by atoms with Gasteiger partial charge in [0.1, 0.15) is 0 Å². The van der Waals surface area contributed by atoms with Gasteiger partial charge in [0.2, 0.25) is 0 Å². The molecule has 0 unspecified atom stereocenters. The summed E-state index contributed by atoms with van der Waals surface area (Å²) in [6, 6.07) is 0. The molecule has 0 aromatic heterocycles. The van der Waals surface area contributed by atoms with Crippen LogP contribution in [0.1, 0.15) is 34.0 Å². The minimum atomic E-state index is -0.306. The zero-order valence-electron chi connectivity index (χ0n) is 6.78. The minimum absolute atomic E-state index is 0. The van der Waals surface area contributed by atoms with Gasteiger partial charge in [-0.2, -0.15) is 0 Å². The van der Waals surface area contributed by atoms with Gasteiger partial charge in [0.15, 0.2) is 0 Å². The van der Waals surface area contributed by atoms with Crippen LogP contribution in [0, 0.1) is 0 Å². The third-order valence-electron chi connectivity index (χ3n) is 1.68. The summed E-state index contributed by atoms with van der Waals surface area (Å²) in [6.07, 6.45) is 4.44. The van der Waals surface area contributed by atoms with E-state index in [9.17, 15) is 5.11 Å². The fourth-order valence-electron chi connectivity index (χ4n) is 1.14. The van der Waals surface area contributed by atoms with Gasteiger partial charge in [-0.25, -0.2) is 0 Å². The summed E-state index contributed by atoms with van der Waals surface area (Å²) in [5, 5.41) is 9.19. The molecule has 0 aromatic rings. The van der Waals surface area contributed by atoms with Crippen LogP contribution in [0.25, 0.3) is 0 Å². The molecule has 8 heavy (non-hydrogen) atoms. The molecule has 1 rings (SSSR count). The first-order valence-electron chi connectivity index (χ1n) is 2.93. The molecule has 2 heteroatoms. The molecule has 0 amide bonds. The fraction of sp³-hybridized carbons (Fsp3) is 1.00. The van der Waals surface area contributed by atoms with Crippen LogP contribution in [0.5, 0.6) is 0 Å². The third kappa shape index (κ3) is 2.22. The van der Waals surface area contributed by atoms with E-state index in [1.807, 2.05) is 6.92 Å². The van der Waals surface area contributed by atoms with Gasteiger partial charge in [0, 0.05) is 0 Å². The summed E-state index contributed by atoms with van der Waals surface area (Å²) < 4.78 is 0. The van der Waals surface area contributed by atoms with Crippen molar-refractivity contribution < 1.29 is 25.4 Å². The van der Waals surface area contributed by atoms with Crippen LogP contribution in [-0.4, -0.2) is 10.7 Å². The van der Waals surface area contributed by atoms with E-state index in [4.69, 9.17) is 0 Å². The number of hydrogen-bond donors (Lipinski definition) is 1. The number of aliphatic hydroxyl groups is 1. The fourth-order valence-corrected chi connectivity index (χ4v) is 1.14. The minimum Gasteiger partial charge on any atom is -1.00 e. The number of rotatable bonds is 0. The van der Waals surface area contributed by atoms with Crippen LogP contribution >= 0.6 is 0 Å².